The quantitative estimate of drug-likeness (QED) is 0.864. The van der Waals surface area contributed by atoms with Crippen molar-refractivity contribution < 1.29 is 4.74 Å². The molecule has 1 saturated heterocycles. The Hall–Kier alpha value is -1.00. The molecule has 1 atom stereocenters. The first-order valence-corrected chi connectivity index (χ1v) is 6.42. The molecule has 94 valence electrons. The van der Waals surface area contributed by atoms with Gasteiger partial charge < -0.3 is 10.1 Å². The summed E-state index contributed by atoms with van der Waals surface area (Å²) in [5, 5.41) is 3.30. The molecule has 1 aliphatic rings. The molecule has 0 aliphatic carbocycles. The van der Waals surface area contributed by atoms with E-state index in [0.717, 1.165) is 56.4 Å². The van der Waals surface area contributed by atoms with Gasteiger partial charge in [-0.25, -0.2) is 9.97 Å². The lowest BCUT2D eigenvalue weighted by Crippen LogP contribution is -2.20. The largest absolute Gasteiger partial charge is 0.381 e. The zero-order chi connectivity index (χ0) is 12.1. The highest BCUT2D eigenvalue weighted by atomic mass is 16.5. The minimum atomic E-state index is 0.379. The molecule has 1 aliphatic heterocycles. The molecule has 0 saturated carbocycles. The van der Waals surface area contributed by atoms with Crippen LogP contribution in [0, 0.1) is 6.92 Å². The number of nitrogens with zero attached hydrogens (tertiary/aromatic N) is 2. The lowest BCUT2D eigenvalue weighted by molar-refractivity contribution is 0.0779. The minimum absolute atomic E-state index is 0.379. The van der Waals surface area contributed by atoms with E-state index in [4.69, 9.17) is 4.74 Å². The summed E-state index contributed by atoms with van der Waals surface area (Å²) in [6.07, 6.45) is 2.26. The first kappa shape index (κ1) is 12.5. The van der Waals surface area contributed by atoms with E-state index in [1.807, 2.05) is 6.92 Å². The number of hydrogen-bond acceptors (Lipinski definition) is 4. The van der Waals surface area contributed by atoms with Crippen molar-refractivity contribution in [2.45, 2.75) is 39.2 Å². The maximum atomic E-state index is 5.50. The van der Waals surface area contributed by atoms with Crippen molar-refractivity contribution >= 4 is 0 Å². The van der Waals surface area contributed by atoms with Gasteiger partial charge in [-0.05, 0) is 32.4 Å². The predicted octanol–water partition coefficient (Wildman–Crippen LogP) is 1.79. The lowest BCUT2D eigenvalue weighted by Gasteiger charge is -2.21. The van der Waals surface area contributed by atoms with Crippen LogP contribution in [0.5, 0.6) is 0 Å². The number of rotatable bonds is 4. The van der Waals surface area contributed by atoms with Gasteiger partial charge in [0.25, 0.3) is 0 Å². The standard InChI is InChI=1S/C13H21N3O/c1-3-14-8-12-7-10(2)15-13(16-12)11-5-4-6-17-9-11/h7,11,14H,3-6,8-9H2,1-2H3. The molecule has 1 fully saturated rings. The van der Waals surface area contributed by atoms with Crippen LogP contribution in [-0.4, -0.2) is 29.7 Å². The van der Waals surface area contributed by atoms with E-state index < -0.39 is 0 Å². The lowest BCUT2D eigenvalue weighted by atomic mass is 10.0. The molecule has 4 heteroatoms. The summed E-state index contributed by atoms with van der Waals surface area (Å²) >= 11 is 0. The normalized spacial score (nSPS) is 20.5. The molecule has 0 bridgehead atoms. The molecular weight excluding hydrogens is 214 g/mol. The molecule has 17 heavy (non-hydrogen) atoms. The molecule has 0 amide bonds. The van der Waals surface area contributed by atoms with Gasteiger partial charge in [0.05, 0.1) is 12.3 Å². The summed E-state index contributed by atoms with van der Waals surface area (Å²) in [7, 11) is 0. The van der Waals surface area contributed by atoms with Gasteiger partial charge in [-0.1, -0.05) is 6.92 Å². The SMILES string of the molecule is CCNCc1cc(C)nc(C2CCCOC2)n1. The van der Waals surface area contributed by atoms with Crippen molar-refractivity contribution in [2.75, 3.05) is 19.8 Å². The van der Waals surface area contributed by atoms with Gasteiger partial charge in [0.2, 0.25) is 0 Å². The minimum Gasteiger partial charge on any atom is -0.381 e. The molecule has 0 aromatic carbocycles. The number of ether oxygens (including phenoxy) is 1. The molecule has 1 unspecified atom stereocenters. The van der Waals surface area contributed by atoms with Crippen molar-refractivity contribution in [2.24, 2.45) is 0 Å². The third-order valence-corrected chi connectivity index (χ3v) is 3.01. The van der Waals surface area contributed by atoms with Gasteiger partial charge in [-0.15, -0.1) is 0 Å². The summed E-state index contributed by atoms with van der Waals surface area (Å²) < 4.78 is 5.50. The van der Waals surface area contributed by atoms with E-state index in [9.17, 15) is 0 Å². The number of aryl methyl sites for hydroxylation is 1. The third kappa shape index (κ3) is 3.48. The molecule has 1 aromatic heterocycles. The van der Waals surface area contributed by atoms with Crippen LogP contribution < -0.4 is 5.32 Å². The van der Waals surface area contributed by atoms with E-state index in [1.54, 1.807) is 0 Å². The highest BCUT2D eigenvalue weighted by molar-refractivity contribution is 5.12. The summed E-state index contributed by atoms with van der Waals surface area (Å²) in [5.74, 6) is 1.33. The Morgan fingerprint density at radius 1 is 1.47 bits per heavy atom. The van der Waals surface area contributed by atoms with Crippen LogP contribution in [0.25, 0.3) is 0 Å². The number of hydrogen-bond donors (Lipinski definition) is 1. The summed E-state index contributed by atoms with van der Waals surface area (Å²) in [6, 6.07) is 2.05. The Morgan fingerprint density at radius 3 is 3.06 bits per heavy atom. The zero-order valence-corrected chi connectivity index (χ0v) is 10.7. The Labute approximate surface area is 103 Å². The fraction of sp³-hybridized carbons (Fsp3) is 0.692. The second-order valence-corrected chi connectivity index (χ2v) is 4.55. The van der Waals surface area contributed by atoms with Crippen LogP contribution in [-0.2, 0) is 11.3 Å². The van der Waals surface area contributed by atoms with Crippen LogP contribution in [0.4, 0.5) is 0 Å². The smallest absolute Gasteiger partial charge is 0.134 e. The molecule has 4 nitrogen and oxygen atoms in total. The number of aromatic nitrogens is 2. The fourth-order valence-corrected chi connectivity index (χ4v) is 2.13. The van der Waals surface area contributed by atoms with Gasteiger partial charge in [0.1, 0.15) is 5.82 Å². The Balaban J connectivity index is 2.12. The molecule has 1 aromatic rings. The maximum Gasteiger partial charge on any atom is 0.134 e. The third-order valence-electron chi connectivity index (χ3n) is 3.01. The molecule has 0 spiro atoms. The van der Waals surface area contributed by atoms with E-state index in [1.165, 1.54) is 0 Å². The molecule has 2 rings (SSSR count). The van der Waals surface area contributed by atoms with Crippen molar-refractivity contribution in [3.8, 4) is 0 Å². The van der Waals surface area contributed by atoms with Crippen molar-refractivity contribution in [1.82, 2.24) is 15.3 Å². The van der Waals surface area contributed by atoms with Crippen molar-refractivity contribution in [3.63, 3.8) is 0 Å². The first-order valence-electron chi connectivity index (χ1n) is 6.42. The number of nitrogens with one attached hydrogen (secondary N) is 1. The van der Waals surface area contributed by atoms with Gasteiger partial charge >= 0.3 is 0 Å². The van der Waals surface area contributed by atoms with E-state index >= 15 is 0 Å². The summed E-state index contributed by atoms with van der Waals surface area (Å²) in [4.78, 5) is 9.19. The Bertz CT molecular complexity index is 362. The Morgan fingerprint density at radius 2 is 2.35 bits per heavy atom. The summed E-state index contributed by atoms with van der Waals surface area (Å²) in [5.41, 5.74) is 2.13. The molecular formula is C13H21N3O. The van der Waals surface area contributed by atoms with Crippen LogP contribution in [0.1, 0.15) is 42.9 Å². The monoisotopic (exact) mass is 235 g/mol. The van der Waals surface area contributed by atoms with Gasteiger partial charge in [-0.3, -0.25) is 0 Å². The molecule has 0 radical (unpaired) electrons. The van der Waals surface area contributed by atoms with Crippen molar-refractivity contribution in [3.05, 3.63) is 23.3 Å². The van der Waals surface area contributed by atoms with Crippen LogP contribution in [0.3, 0.4) is 0 Å². The molecule has 1 N–H and O–H groups in total. The average Bonchev–Trinajstić information content (AvgIpc) is 2.37. The van der Waals surface area contributed by atoms with Gasteiger partial charge in [0, 0.05) is 24.8 Å². The zero-order valence-electron chi connectivity index (χ0n) is 10.7. The van der Waals surface area contributed by atoms with E-state index in [-0.39, 0.29) is 0 Å². The van der Waals surface area contributed by atoms with E-state index in [0.29, 0.717) is 5.92 Å². The summed E-state index contributed by atoms with van der Waals surface area (Å²) in [6.45, 7) is 7.57. The second-order valence-electron chi connectivity index (χ2n) is 4.55. The van der Waals surface area contributed by atoms with Gasteiger partial charge in [0.15, 0.2) is 0 Å². The van der Waals surface area contributed by atoms with Gasteiger partial charge in [-0.2, -0.15) is 0 Å². The first-order chi connectivity index (χ1) is 8.29. The van der Waals surface area contributed by atoms with Crippen molar-refractivity contribution in [1.29, 1.82) is 0 Å². The highest BCUT2D eigenvalue weighted by Gasteiger charge is 2.19. The van der Waals surface area contributed by atoms with E-state index in [2.05, 4.69) is 28.3 Å². The highest BCUT2D eigenvalue weighted by Crippen LogP contribution is 2.22. The maximum absolute atomic E-state index is 5.50. The topological polar surface area (TPSA) is 47.0 Å². The Kier molecular flexibility index (Phi) is 4.45. The average molecular weight is 235 g/mol. The van der Waals surface area contributed by atoms with Crippen LogP contribution in [0.2, 0.25) is 0 Å². The fourth-order valence-electron chi connectivity index (χ4n) is 2.13. The van der Waals surface area contributed by atoms with Crippen LogP contribution >= 0.6 is 0 Å². The predicted molar refractivity (Wildman–Crippen MR) is 66.9 cm³/mol. The second kappa shape index (κ2) is 6.07. The van der Waals surface area contributed by atoms with Crippen LogP contribution in [0.15, 0.2) is 6.07 Å². The molecule has 2 heterocycles.